The average Bonchev–Trinajstić information content (AvgIpc) is 3.03. The van der Waals surface area contributed by atoms with E-state index in [0.29, 0.717) is 12.5 Å². The minimum atomic E-state index is -0.00956. The molecule has 2 aromatic rings. The first-order chi connectivity index (χ1) is 11.2. The Labute approximate surface area is 137 Å². The number of carbonyl (C=O) groups excluding carboxylic acids is 1. The van der Waals surface area contributed by atoms with Crippen molar-refractivity contribution >= 4 is 5.91 Å². The predicted octanol–water partition coefficient (Wildman–Crippen LogP) is 1.97. The number of rotatable bonds is 5. The molecule has 0 radical (unpaired) electrons. The van der Waals surface area contributed by atoms with Gasteiger partial charge in [0.05, 0.1) is 5.69 Å². The molecule has 1 atom stereocenters. The summed E-state index contributed by atoms with van der Waals surface area (Å²) in [5, 5.41) is 10.9. The first kappa shape index (κ1) is 15.7. The summed E-state index contributed by atoms with van der Waals surface area (Å²) in [5.74, 6) is 0.463. The molecule has 1 aromatic carbocycles. The molecule has 0 bridgehead atoms. The van der Waals surface area contributed by atoms with Crippen LogP contribution in [0.2, 0.25) is 0 Å². The van der Waals surface area contributed by atoms with Gasteiger partial charge in [0.25, 0.3) is 0 Å². The van der Waals surface area contributed by atoms with Crippen LogP contribution in [0.5, 0.6) is 0 Å². The van der Waals surface area contributed by atoms with Crippen molar-refractivity contribution < 1.29 is 4.79 Å². The van der Waals surface area contributed by atoms with Gasteiger partial charge < -0.3 is 10.6 Å². The molecule has 122 valence electrons. The highest BCUT2D eigenvalue weighted by Crippen LogP contribution is 2.21. The van der Waals surface area contributed by atoms with Crippen LogP contribution >= 0.6 is 0 Å². The second-order valence-electron chi connectivity index (χ2n) is 6.18. The van der Waals surface area contributed by atoms with Gasteiger partial charge in [0.1, 0.15) is 6.54 Å². The number of aryl methyl sites for hydroxylation is 1. The molecule has 1 fully saturated rings. The van der Waals surface area contributed by atoms with Crippen LogP contribution in [0.15, 0.2) is 36.5 Å². The Morgan fingerprint density at radius 2 is 2.26 bits per heavy atom. The Morgan fingerprint density at radius 1 is 1.39 bits per heavy atom. The molecule has 1 aromatic heterocycles. The van der Waals surface area contributed by atoms with Crippen molar-refractivity contribution in [3.8, 4) is 0 Å². The van der Waals surface area contributed by atoms with E-state index in [1.165, 1.54) is 18.4 Å². The SMILES string of the molecule is Cc1ccccc1CNC(=O)Cn1ccc([C@H]2CCCNC2)n1. The Kier molecular flexibility index (Phi) is 5.08. The van der Waals surface area contributed by atoms with Gasteiger partial charge >= 0.3 is 0 Å². The van der Waals surface area contributed by atoms with Crippen molar-refractivity contribution in [3.63, 3.8) is 0 Å². The maximum absolute atomic E-state index is 12.1. The first-order valence-electron chi connectivity index (χ1n) is 8.27. The molecule has 1 aliphatic heterocycles. The largest absolute Gasteiger partial charge is 0.350 e. The zero-order valence-electron chi connectivity index (χ0n) is 13.6. The molecule has 0 unspecified atom stereocenters. The molecule has 1 saturated heterocycles. The van der Waals surface area contributed by atoms with E-state index in [9.17, 15) is 4.79 Å². The van der Waals surface area contributed by atoms with Crippen molar-refractivity contribution in [2.45, 2.75) is 38.8 Å². The number of hydrogen-bond donors (Lipinski definition) is 2. The average molecular weight is 312 g/mol. The van der Waals surface area contributed by atoms with Crippen LogP contribution in [-0.4, -0.2) is 28.8 Å². The number of piperidine rings is 1. The molecular weight excluding hydrogens is 288 g/mol. The van der Waals surface area contributed by atoms with Gasteiger partial charge in [0.2, 0.25) is 5.91 Å². The van der Waals surface area contributed by atoms with Gasteiger partial charge in [-0.05, 0) is 43.5 Å². The van der Waals surface area contributed by atoms with E-state index in [4.69, 9.17) is 0 Å². The minimum absolute atomic E-state index is 0.00956. The lowest BCUT2D eigenvalue weighted by Crippen LogP contribution is -2.29. The Hall–Kier alpha value is -2.14. The van der Waals surface area contributed by atoms with Crippen molar-refractivity contribution in [2.75, 3.05) is 13.1 Å². The summed E-state index contributed by atoms with van der Waals surface area (Å²) < 4.78 is 1.73. The Bertz CT molecular complexity index is 659. The van der Waals surface area contributed by atoms with E-state index < -0.39 is 0 Å². The van der Waals surface area contributed by atoms with Crippen LogP contribution in [-0.2, 0) is 17.9 Å². The van der Waals surface area contributed by atoms with Gasteiger partial charge in [-0.1, -0.05) is 24.3 Å². The molecule has 1 amide bonds. The van der Waals surface area contributed by atoms with Crippen LogP contribution < -0.4 is 10.6 Å². The van der Waals surface area contributed by atoms with Crippen molar-refractivity contribution in [2.24, 2.45) is 0 Å². The third-order valence-electron chi connectivity index (χ3n) is 4.42. The molecule has 3 rings (SSSR count). The maximum Gasteiger partial charge on any atom is 0.241 e. The fourth-order valence-electron chi connectivity index (χ4n) is 2.99. The maximum atomic E-state index is 12.1. The van der Waals surface area contributed by atoms with Crippen LogP contribution in [0.1, 0.15) is 35.6 Å². The second-order valence-corrected chi connectivity index (χ2v) is 6.18. The summed E-state index contributed by atoms with van der Waals surface area (Å²) in [6.45, 7) is 4.96. The van der Waals surface area contributed by atoms with Gasteiger partial charge in [0.15, 0.2) is 0 Å². The molecule has 5 nitrogen and oxygen atoms in total. The first-order valence-corrected chi connectivity index (χ1v) is 8.27. The summed E-state index contributed by atoms with van der Waals surface area (Å²) in [7, 11) is 0. The summed E-state index contributed by atoms with van der Waals surface area (Å²) in [6.07, 6.45) is 4.26. The number of carbonyl (C=O) groups is 1. The summed E-state index contributed by atoms with van der Waals surface area (Å²) >= 11 is 0. The summed E-state index contributed by atoms with van der Waals surface area (Å²) in [6, 6.07) is 10.1. The molecule has 0 aliphatic carbocycles. The third kappa shape index (κ3) is 4.20. The van der Waals surface area contributed by atoms with Crippen molar-refractivity contribution in [3.05, 3.63) is 53.3 Å². The molecule has 5 heteroatoms. The zero-order chi connectivity index (χ0) is 16.1. The predicted molar refractivity (Wildman–Crippen MR) is 90.1 cm³/mol. The fraction of sp³-hybridized carbons (Fsp3) is 0.444. The highest BCUT2D eigenvalue weighted by Gasteiger charge is 2.17. The normalized spacial score (nSPS) is 17.9. The van der Waals surface area contributed by atoms with Gasteiger partial charge in [-0.3, -0.25) is 9.48 Å². The van der Waals surface area contributed by atoms with E-state index in [2.05, 4.69) is 28.7 Å². The lowest BCUT2D eigenvalue weighted by atomic mass is 9.97. The van der Waals surface area contributed by atoms with E-state index in [0.717, 1.165) is 24.3 Å². The van der Waals surface area contributed by atoms with Crippen LogP contribution in [0.3, 0.4) is 0 Å². The van der Waals surface area contributed by atoms with Gasteiger partial charge in [-0.25, -0.2) is 0 Å². The molecule has 1 aliphatic rings. The summed E-state index contributed by atoms with van der Waals surface area (Å²) in [4.78, 5) is 12.1. The third-order valence-corrected chi connectivity index (χ3v) is 4.42. The van der Waals surface area contributed by atoms with E-state index >= 15 is 0 Å². The van der Waals surface area contributed by atoms with Gasteiger partial charge in [-0.15, -0.1) is 0 Å². The van der Waals surface area contributed by atoms with Crippen molar-refractivity contribution in [1.29, 1.82) is 0 Å². The zero-order valence-corrected chi connectivity index (χ0v) is 13.6. The second kappa shape index (κ2) is 7.42. The molecular formula is C18H24N4O. The quantitative estimate of drug-likeness (QED) is 0.887. The van der Waals surface area contributed by atoms with Crippen molar-refractivity contribution in [1.82, 2.24) is 20.4 Å². The minimum Gasteiger partial charge on any atom is -0.350 e. The lowest BCUT2D eigenvalue weighted by Gasteiger charge is -2.20. The monoisotopic (exact) mass is 312 g/mol. The summed E-state index contributed by atoms with van der Waals surface area (Å²) in [5.41, 5.74) is 3.43. The lowest BCUT2D eigenvalue weighted by molar-refractivity contribution is -0.122. The highest BCUT2D eigenvalue weighted by atomic mass is 16.2. The molecule has 2 heterocycles. The number of aromatic nitrogens is 2. The number of nitrogens with zero attached hydrogens (tertiary/aromatic N) is 2. The van der Waals surface area contributed by atoms with Crippen LogP contribution in [0.4, 0.5) is 0 Å². The molecule has 23 heavy (non-hydrogen) atoms. The number of benzene rings is 1. The molecule has 0 saturated carbocycles. The smallest absolute Gasteiger partial charge is 0.241 e. The van der Waals surface area contributed by atoms with Crippen LogP contribution in [0.25, 0.3) is 0 Å². The van der Waals surface area contributed by atoms with E-state index in [1.54, 1.807) is 4.68 Å². The number of nitrogens with one attached hydrogen (secondary N) is 2. The van der Waals surface area contributed by atoms with Gasteiger partial charge in [-0.2, -0.15) is 5.10 Å². The van der Waals surface area contributed by atoms with E-state index in [1.807, 2.05) is 30.5 Å². The highest BCUT2D eigenvalue weighted by molar-refractivity contribution is 5.75. The van der Waals surface area contributed by atoms with Gasteiger partial charge in [0, 0.05) is 25.2 Å². The fourth-order valence-corrected chi connectivity index (χ4v) is 2.99. The standard InChI is InChI=1S/C18H24N4O/c1-14-5-2-3-6-15(14)12-20-18(23)13-22-10-8-17(21-22)16-7-4-9-19-11-16/h2-3,5-6,8,10,16,19H,4,7,9,11-13H2,1H3,(H,20,23)/t16-/m0/s1. The topological polar surface area (TPSA) is 59.0 Å². The molecule has 2 N–H and O–H groups in total. The van der Waals surface area contributed by atoms with Crippen LogP contribution in [0, 0.1) is 6.92 Å². The Balaban J connectivity index is 1.52. The number of amides is 1. The number of hydrogen-bond acceptors (Lipinski definition) is 3. The molecule has 0 spiro atoms. The van der Waals surface area contributed by atoms with E-state index in [-0.39, 0.29) is 12.5 Å². The Morgan fingerprint density at radius 3 is 3.04 bits per heavy atom.